The number of benzene rings is 1. The Morgan fingerprint density at radius 3 is 3.00 bits per heavy atom. The van der Waals surface area contributed by atoms with Crippen molar-refractivity contribution in [3.8, 4) is 5.75 Å². The van der Waals surface area contributed by atoms with E-state index in [-0.39, 0.29) is 0 Å². The zero-order valence-corrected chi connectivity index (χ0v) is 10.8. The molecule has 0 bridgehead atoms. The van der Waals surface area contributed by atoms with Crippen LogP contribution in [-0.4, -0.2) is 12.6 Å². The second kappa shape index (κ2) is 3.94. The zero-order chi connectivity index (χ0) is 11.9. The van der Waals surface area contributed by atoms with Gasteiger partial charge in [-0.15, -0.1) is 0 Å². The third-order valence-corrected chi connectivity index (χ3v) is 4.03. The molecule has 2 heteroatoms. The Labute approximate surface area is 103 Å². The molecule has 2 aliphatic rings. The summed E-state index contributed by atoms with van der Waals surface area (Å²) in [6.45, 7) is 5.72. The molecule has 92 valence electrons. The van der Waals surface area contributed by atoms with Crippen LogP contribution in [0.2, 0.25) is 0 Å². The van der Waals surface area contributed by atoms with E-state index in [1.54, 1.807) is 0 Å². The predicted molar refractivity (Wildman–Crippen MR) is 70.7 cm³/mol. The highest BCUT2D eigenvalue weighted by atomic mass is 16.5. The van der Waals surface area contributed by atoms with Gasteiger partial charge in [-0.2, -0.15) is 0 Å². The fourth-order valence-corrected chi connectivity index (χ4v) is 3.06. The van der Waals surface area contributed by atoms with Crippen molar-refractivity contribution < 1.29 is 4.74 Å². The number of rotatable bonds is 2. The van der Waals surface area contributed by atoms with Crippen LogP contribution < -0.4 is 10.1 Å². The summed E-state index contributed by atoms with van der Waals surface area (Å²) in [6.07, 6.45) is 5.18. The minimum Gasteiger partial charge on any atom is -0.488 e. The minimum atomic E-state index is 0.402. The third-order valence-electron chi connectivity index (χ3n) is 4.03. The van der Waals surface area contributed by atoms with E-state index in [0.29, 0.717) is 11.5 Å². The molecule has 2 nitrogen and oxygen atoms in total. The molecule has 1 aromatic rings. The molecule has 0 amide bonds. The van der Waals surface area contributed by atoms with E-state index in [1.807, 2.05) is 0 Å². The molecule has 0 radical (unpaired) electrons. The van der Waals surface area contributed by atoms with Crippen LogP contribution in [0.15, 0.2) is 18.2 Å². The first-order valence-corrected chi connectivity index (χ1v) is 6.66. The lowest BCUT2D eigenvalue weighted by molar-refractivity contribution is 0.194. The largest absolute Gasteiger partial charge is 0.488 e. The van der Waals surface area contributed by atoms with Crippen LogP contribution in [0.25, 0.3) is 0 Å². The van der Waals surface area contributed by atoms with Gasteiger partial charge in [0.05, 0.1) is 11.8 Å². The van der Waals surface area contributed by atoms with Crippen LogP contribution in [-0.2, 0) is 6.42 Å². The van der Waals surface area contributed by atoms with E-state index in [9.17, 15) is 0 Å². The van der Waals surface area contributed by atoms with Gasteiger partial charge >= 0.3 is 0 Å². The van der Waals surface area contributed by atoms with Gasteiger partial charge in [0.25, 0.3) is 0 Å². The molecule has 1 aliphatic heterocycles. The molecular weight excluding hydrogens is 210 g/mol. The highest BCUT2D eigenvalue weighted by Gasteiger charge is 2.32. The molecule has 1 fully saturated rings. The molecule has 1 heterocycles. The molecule has 1 N–H and O–H groups in total. The Bertz CT molecular complexity index is 425. The van der Waals surface area contributed by atoms with Gasteiger partial charge < -0.3 is 10.1 Å². The first kappa shape index (κ1) is 10.9. The Hall–Kier alpha value is -1.18. The summed E-state index contributed by atoms with van der Waals surface area (Å²) >= 11 is 0. The van der Waals surface area contributed by atoms with Crippen LogP contribution >= 0.6 is 0 Å². The van der Waals surface area contributed by atoms with Crippen LogP contribution in [0.3, 0.4) is 0 Å². The molecule has 1 atom stereocenters. The van der Waals surface area contributed by atoms with E-state index in [1.165, 1.54) is 30.5 Å². The van der Waals surface area contributed by atoms with Gasteiger partial charge in [-0.3, -0.25) is 0 Å². The van der Waals surface area contributed by atoms with Gasteiger partial charge in [0.1, 0.15) is 5.75 Å². The monoisotopic (exact) mass is 231 g/mol. The summed E-state index contributed by atoms with van der Waals surface area (Å²) in [5.41, 5.74) is 3.09. The molecule has 1 aromatic carbocycles. The Morgan fingerprint density at radius 1 is 1.35 bits per heavy atom. The SMILES string of the molecule is CC1(C)CCC(Oc2cccc3c2NCC3)C1. The normalized spacial score (nSPS) is 25.4. The van der Waals surface area contributed by atoms with Gasteiger partial charge in [-0.25, -0.2) is 0 Å². The van der Waals surface area contributed by atoms with Gasteiger partial charge in [0.2, 0.25) is 0 Å². The van der Waals surface area contributed by atoms with E-state index in [0.717, 1.165) is 18.7 Å². The van der Waals surface area contributed by atoms with Crippen molar-refractivity contribution in [1.82, 2.24) is 0 Å². The standard InChI is InChI=1S/C15H21NO/c1-15(2)8-6-12(10-15)17-13-5-3-4-11-7-9-16-14(11)13/h3-5,12,16H,6-10H2,1-2H3. The quantitative estimate of drug-likeness (QED) is 0.839. The average Bonchev–Trinajstić information content (AvgIpc) is 2.85. The summed E-state index contributed by atoms with van der Waals surface area (Å²) in [5, 5.41) is 3.44. The van der Waals surface area contributed by atoms with Crippen molar-refractivity contribution in [2.24, 2.45) is 5.41 Å². The van der Waals surface area contributed by atoms with Crippen molar-refractivity contribution >= 4 is 5.69 Å². The molecule has 1 saturated carbocycles. The Kier molecular flexibility index (Phi) is 2.53. The fraction of sp³-hybridized carbons (Fsp3) is 0.600. The summed E-state index contributed by atoms with van der Waals surface area (Å²) in [5.74, 6) is 1.06. The van der Waals surface area contributed by atoms with E-state index in [4.69, 9.17) is 4.74 Å². The fourth-order valence-electron chi connectivity index (χ4n) is 3.06. The smallest absolute Gasteiger partial charge is 0.143 e. The van der Waals surface area contributed by atoms with Gasteiger partial charge in [0, 0.05) is 6.54 Å². The summed E-state index contributed by atoms with van der Waals surface area (Å²) in [4.78, 5) is 0. The van der Waals surface area contributed by atoms with E-state index < -0.39 is 0 Å². The summed E-state index contributed by atoms with van der Waals surface area (Å²) in [6, 6.07) is 6.41. The molecule has 3 rings (SSSR count). The molecular formula is C15H21NO. The number of anilines is 1. The molecule has 0 aromatic heterocycles. The summed E-state index contributed by atoms with van der Waals surface area (Å²) in [7, 11) is 0. The minimum absolute atomic E-state index is 0.402. The molecule has 0 saturated heterocycles. The molecule has 1 aliphatic carbocycles. The van der Waals surface area contributed by atoms with Crippen molar-refractivity contribution in [2.45, 2.75) is 45.6 Å². The van der Waals surface area contributed by atoms with Gasteiger partial charge in [-0.1, -0.05) is 26.0 Å². The molecule has 0 spiro atoms. The van der Waals surface area contributed by atoms with Crippen LogP contribution in [0.5, 0.6) is 5.75 Å². The van der Waals surface area contributed by atoms with Crippen LogP contribution in [0.4, 0.5) is 5.69 Å². The van der Waals surface area contributed by atoms with Crippen molar-refractivity contribution in [2.75, 3.05) is 11.9 Å². The lowest BCUT2D eigenvalue weighted by Crippen LogP contribution is -2.15. The highest BCUT2D eigenvalue weighted by molar-refractivity contribution is 5.65. The van der Waals surface area contributed by atoms with E-state index in [2.05, 4.69) is 37.4 Å². The number of hydrogen-bond acceptors (Lipinski definition) is 2. The number of fused-ring (bicyclic) bond motifs is 1. The van der Waals surface area contributed by atoms with E-state index >= 15 is 0 Å². The maximum atomic E-state index is 6.19. The zero-order valence-electron chi connectivity index (χ0n) is 10.8. The van der Waals surface area contributed by atoms with Crippen LogP contribution in [0.1, 0.15) is 38.7 Å². The third kappa shape index (κ3) is 2.13. The summed E-state index contributed by atoms with van der Waals surface area (Å²) < 4.78 is 6.19. The second-order valence-corrected chi connectivity index (χ2v) is 6.11. The first-order chi connectivity index (χ1) is 8.14. The maximum Gasteiger partial charge on any atom is 0.143 e. The predicted octanol–water partition coefficient (Wildman–Crippen LogP) is 3.61. The Morgan fingerprint density at radius 2 is 2.24 bits per heavy atom. The number of para-hydroxylation sites is 1. The average molecular weight is 231 g/mol. The number of ether oxygens (including phenoxy) is 1. The topological polar surface area (TPSA) is 21.3 Å². The van der Waals surface area contributed by atoms with Gasteiger partial charge in [-0.05, 0) is 42.7 Å². The second-order valence-electron chi connectivity index (χ2n) is 6.11. The van der Waals surface area contributed by atoms with Crippen molar-refractivity contribution in [3.05, 3.63) is 23.8 Å². The van der Waals surface area contributed by atoms with Crippen molar-refractivity contribution in [1.29, 1.82) is 0 Å². The highest BCUT2D eigenvalue weighted by Crippen LogP contribution is 2.41. The number of nitrogens with one attached hydrogen (secondary N) is 1. The maximum absolute atomic E-state index is 6.19. The molecule has 17 heavy (non-hydrogen) atoms. The van der Waals surface area contributed by atoms with Crippen LogP contribution in [0, 0.1) is 5.41 Å². The first-order valence-electron chi connectivity index (χ1n) is 6.66. The number of hydrogen-bond donors (Lipinski definition) is 1. The van der Waals surface area contributed by atoms with Crippen molar-refractivity contribution in [3.63, 3.8) is 0 Å². The van der Waals surface area contributed by atoms with Gasteiger partial charge in [0.15, 0.2) is 0 Å². The lowest BCUT2D eigenvalue weighted by Gasteiger charge is -2.19. The lowest BCUT2D eigenvalue weighted by atomic mass is 9.92. The molecule has 1 unspecified atom stereocenters. The Balaban J connectivity index is 1.76.